The number of halogens is 1. The summed E-state index contributed by atoms with van der Waals surface area (Å²) in [6, 6.07) is 13.5. The number of hydrogen-bond donors (Lipinski definition) is 1. The maximum Gasteiger partial charge on any atom is 0.131 e. The van der Waals surface area contributed by atoms with Crippen LogP contribution in [0.2, 0.25) is 0 Å². The summed E-state index contributed by atoms with van der Waals surface area (Å²) in [5.41, 5.74) is 1.55. The fourth-order valence-electron chi connectivity index (χ4n) is 1.86. The van der Waals surface area contributed by atoms with Crippen LogP contribution in [0.5, 0.6) is 5.75 Å². The maximum atomic E-state index is 13.7. The second-order valence-corrected chi connectivity index (χ2v) is 4.29. The molecule has 2 rings (SSSR count). The molecule has 0 radical (unpaired) electrons. The minimum Gasteiger partial charge on any atom is -0.489 e. The molecule has 0 saturated heterocycles. The van der Waals surface area contributed by atoms with Gasteiger partial charge in [0.25, 0.3) is 0 Å². The Morgan fingerprint density at radius 3 is 2.65 bits per heavy atom. The number of benzene rings is 2. The molecule has 0 aromatic heterocycles. The summed E-state index contributed by atoms with van der Waals surface area (Å²) in [6.45, 7) is 0.117. The van der Waals surface area contributed by atoms with Crippen molar-refractivity contribution in [2.75, 3.05) is 6.61 Å². The largest absolute Gasteiger partial charge is 0.489 e. The molecule has 0 heterocycles. The van der Waals surface area contributed by atoms with E-state index < -0.39 is 5.82 Å². The first kappa shape index (κ1) is 14.0. The third-order valence-electron chi connectivity index (χ3n) is 2.92. The van der Waals surface area contributed by atoms with Crippen molar-refractivity contribution in [3.8, 4) is 11.8 Å². The number of rotatable bonds is 5. The topological polar surface area (TPSA) is 53.2 Å². The van der Waals surface area contributed by atoms with Gasteiger partial charge in [-0.25, -0.2) is 4.39 Å². The number of aliphatic hydroxyl groups is 1. The SMILES string of the molecule is N#Cc1ccc(COc2ccccc2CCO)c(F)c1. The molecule has 0 spiro atoms. The van der Waals surface area contributed by atoms with Crippen molar-refractivity contribution in [3.63, 3.8) is 0 Å². The first-order valence-electron chi connectivity index (χ1n) is 6.24. The summed E-state index contributed by atoms with van der Waals surface area (Å²) in [6.07, 6.45) is 0.492. The lowest BCUT2D eigenvalue weighted by Gasteiger charge is -2.11. The van der Waals surface area contributed by atoms with E-state index in [4.69, 9.17) is 15.1 Å². The highest BCUT2D eigenvalue weighted by molar-refractivity contribution is 5.35. The number of para-hydroxylation sites is 1. The normalized spacial score (nSPS) is 10.1. The zero-order chi connectivity index (χ0) is 14.4. The quantitative estimate of drug-likeness (QED) is 0.909. The summed E-state index contributed by atoms with van der Waals surface area (Å²) in [7, 11) is 0. The second-order valence-electron chi connectivity index (χ2n) is 4.29. The monoisotopic (exact) mass is 271 g/mol. The molecule has 102 valence electrons. The molecule has 0 amide bonds. The highest BCUT2D eigenvalue weighted by Gasteiger charge is 2.07. The van der Waals surface area contributed by atoms with Crippen molar-refractivity contribution in [1.29, 1.82) is 5.26 Å². The molecule has 0 aliphatic rings. The van der Waals surface area contributed by atoms with E-state index in [1.54, 1.807) is 18.2 Å². The minimum absolute atomic E-state index is 0.0333. The van der Waals surface area contributed by atoms with Gasteiger partial charge in [-0.3, -0.25) is 0 Å². The number of ether oxygens (including phenoxy) is 1. The molecule has 1 N–H and O–H groups in total. The summed E-state index contributed by atoms with van der Waals surface area (Å²) in [5.74, 6) is 0.175. The predicted octanol–water partition coefficient (Wildman–Crippen LogP) is 2.81. The van der Waals surface area contributed by atoms with E-state index in [0.717, 1.165) is 5.56 Å². The Balaban J connectivity index is 2.11. The van der Waals surface area contributed by atoms with Gasteiger partial charge < -0.3 is 9.84 Å². The van der Waals surface area contributed by atoms with Crippen molar-refractivity contribution in [2.24, 2.45) is 0 Å². The van der Waals surface area contributed by atoms with Gasteiger partial charge in [0.2, 0.25) is 0 Å². The molecule has 0 saturated carbocycles. The Morgan fingerprint density at radius 2 is 1.95 bits per heavy atom. The van der Waals surface area contributed by atoms with Crippen molar-refractivity contribution in [1.82, 2.24) is 0 Å². The van der Waals surface area contributed by atoms with Crippen LogP contribution in [0.15, 0.2) is 42.5 Å². The molecule has 0 aliphatic heterocycles. The van der Waals surface area contributed by atoms with Crippen LogP contribution < -0.4 is 4.74 Å². The molecule has 0 fully saturated rings. The highest BCUT2D eigenvalue weighted by Crippen LogP contribution is 2.20. The standard InChI is InChI=1S/C16H14FNO2/c17-15-9-12(10-18)5-6-14(15)11-20-16-4-2-1-3-13(16)7-8-19/h1-6,9,19H,7-8,11H2. The number of aliphatic hydroxyl groups excluding tert-OH is 1. The molecule has 0 bridgehead atoms. The van der Waals surface area contributed by atoms with Gasteiger partial charge in [0, 0.05) is 12.2 Å². The van der Waals surface area contributed by atoms with Crippen LogP contribution in [-0.2, 0) is 13.0 Å². The summed E-state index contributed by atoms with van der Waals surface area (Å²) >= 11 is 0. The fraction of sp³-hybridized carbons (Fsp3) is 0.188. The summed E-state index contributed by atoms with van der Waals surface area (Å²) in [5, 5.41) is 17.7. The van der Waals surface area contributed by atoms with E-state index in [1.165, 1.54) is 6.07 Å². The molecule has 0 atom stereocenters. The zero-order valence-corrected chi connectivity index (χ0v) is 10.8. The second kappa shape index (κ2) is 6.69. The van der Waals surface area contributed by atoms with Crippen molar-refractivity contribution >= 4 is 0 Å². The van der Waals surface area contributed by atoms with Crippen molar-refractivity contribution < 1.29 is 14.2 Å². The average Bonchev–Trinajstić information content (AvgIpc) is 2.47. The van der Waals surface area contributed by atoms with Crippen LogP contribution in [0.3, 0.4) is 0 Å². The molecule has 0 aliphatic carbocycles. The van der Waals surface area contributed by atoms with Crippen molar-refractivity contribution in [2.45, 2.75) is 13.0 Å². The lowest BCUT2D eigenvalue weighted by Crippen LogP contribution is -2.02. The Morgan fingerprint density at radius 1 is 1.15 bits per heavy atom. The van der Waals surface area contributed by atoms with Gasteiger partial charge in [-0.15, -0.1) is 0 Å². The van der Waals surface area contributed by atoms with Gasteiger partial charge in [-0.1, -0.05) is 24.3 Å². The van der Waals surface area contributed by atoms with Crippen LogP contribution in [0.4, 0.5) is 4.39 Å². The van der Waals surface area contributed by atoms with Gasteiger partial charge in [0.1, 0.15) is 18.2 Å². The first-order valence-corrected chi connectivity index (χ1v) is 6.24. The Labute approximate surface area is 116 Å². The van der Waals surface area contributed by atoms with Crippen LogP contribution in [-0.4, -0.2) is 11.7 Å². The lowest BCUT2D eigenvalue weighted by molar-refractivity contribution is 0.281. The van der Waals surface area contributed by atoms with E-state index in [1.807, 2.05) is 24.3 Å². The highest BCUT2D eigenvalue weighted by atomic mass is 19.1. The smallest absolute Gasteiger partial charge is 0.131 e. The number of nitriles is 1. The van der Waals surface area contributed by atoms with Crippen molar-refractivity contribution in [3.05, 3.63) is 65.0 Å². The van der Waals surface area contributed by atoms with E-state index in [0.29, 0.717) is 17.7 Å². The molecule has 20 heavy (non-hydrogen) atoms. The molecule has 3 nitrogen and oxygen atoms in total. The van der Waals surface area contributed by atoms with Gasteiger partial charge in [-0.2, -0.15) is 5.26 Å². The third-order valence-corrected chi connectivity index (χ3v) is 2.92. The Kier molecular flexibility index (Phi) is 4.70. The zero-order valence-electron chi connectivity index (χ0n) is 10.8. The van der Waals surface area contributed by atoms with E-state index >= 15 is 0 Å². The van der Waals surface area contributed by atoms with E-state index in [9.17, 15) is 4.39 Å². The molecule has 0 unspecified atom stereocenters. The van der Waals surface area contributed by atoms with Crippen LogP contribution in [0.25, 0.3) is 0 Å². The first-order chi connectivity index (χ1) is 9.74. The summed E-state index contributed by atoms with van der Waals surface area (Å²) < 4.78 is 19.3. The van der Waals surface area contributed by atoms with Gasteiger partial charge in [-0.05, 0) is 30.2 Å². The van der Waals surface area contributed by atoms with E-state index in [-0.39, 0.29) is 18.8 Å². The van der Waals surface area contributed by atoms with Gasteiger partial charge >= 0.3 is 0 Å². The van der Waals surface area contributed by atoms with Gasteiger partial charge in [0.05, 0.1) is 11.6 Å². The molecule has 2 aromatic carbocycles. The molecular weight excluding hydrogens is 257 g/mol. The number of nitrogens with zero attached hydrogens (tertiary/aromatic N) is 1. The summed E-state index contributed by atoms with van der Waals surface area (Å²) in [4.78, 5) is 0. The van der Waals surface area contributed by atoms with Gasteiger partial charge in [0.15, 0.2) is 0 Å². The number of hydrogen-bond acceptors (Lipinski definition) is 3. The predicted molar refractivity (Wildman–Crippen MR) is 72.7 cm³/mol. The Hall–Kier alpha value is -2.38. The average molecular weight is 271 g/mol. The third kappa shape index (κ3) is 3.34. The van der Waals surface area contributed by atoms with Crippen LogP contribution >= 0.6 is 0 Å². The van der Waals surface area contributed by atoms with Crippen LogP contribution in [0, 0.1) is 17.1 Å². The molecule has 2 aromatic rings. The lowest BCUT2D eigenvalue weighted by atomic mass is 10.1. The molecule has 4 heteroatoms. The van der Waals surface area contributed by atoms with Crippen LogP contribution in [0.1, 0.15) is 16.7 Å². The van der Waals surface area contributed by atoms with E-state index in [2.05, 4.69) is 0 Å². The Bertz CT molecular complexity index is 635. The fourth-order valence-corrected chi connectivity index (χ4v) is 1.86. The molecular formula is C16H14FNO2. The maximum absolute atomic E-state index is 13.7. The minimum atomic E-state index is -0.455.